The summed E-state index contributed by atoms with van der Waals surface area (Å²) < 4.78 is 13.1. The minimum atomic E-state index is 0.600. The molecule has 2 rings (SSSR count). The van der Waals surface area contributed by atoms with Crippen LogP contribution < -0.4 is 5.32 Å². The third kappa shape index (κ3) is 7.07. The Labute approximate surface area is 162 Å². The molecule has 148 valence electrons. The molecular formula is C21H32N4O2. The summed E-state index contributed by atoms with van der Waals surface area (Å²) in [5.74, 6) is 0.870. The third-order valence-corrected chi connectivity index (χ3v) is 4.31. The number of nitrogens with one attached hydrogen (secondary N) is 1. The van der Waals surface area contributed by atoms with E-state index in [1.165, 1.54) is 11.3 Å². The lowest BCUT2D eigenvalue weighted by Crippen LogP contribution is -2.38. The van der Waals surface area contributed by atoms with Gasteiger partial charge in [0.15, 0.2) is 5.96 Å². The first-order valence-corrected chi connectivity index (χ1v) is 9.39. The normalized spacial score (nSPS) is 11.6. The number of aryl methyl sites for hydroxylation is 1. The molecule has 0 aliphatic heterocycles. The molecule has 2 aromatic rings. The second-order valence-electron chi connectivity index (χ2n) is 6.44. The second-order valence-corrected chi connectivity index (χ2v) is 6.44. The van der Waals surface area contributed by atoms with Crippen molar-refractivity contribution in [1.82, 2.24) is 14.8 Å². The van der Waals surface area contributed by atoms with Crippen LogP contribution in [0, 0.1) is 0 Å². The van der Waals surface area contributed by atoms with Crippen LogP contribution in [0.15, 0.2) is 47.6 Å². The SMILES string of the molecule is CCOCCOCc1cccc(CNC(=NC)N(C)Cc2cccn2C)c1. The van der Waals surface area contributed by atoms with E-state index < -0.39 is 0 Å². The zero-order chi connectivity index (χ0) is 19.5. The van der Waals surface area contributed by atoms with Gasteiger partial charge in [-0.25, -0.2) is 0 Å². The van der Waals surface area contributed by atoms with E-state index in [2.05, 4.69) is 69.4 Å². The molecule has 6 nitrogen and oxygen atoms in total. The van der Waals surface area contributed by atoms with Crippen LogP contribution in [-0.4, -0.2) is 49.3 Å². The largest absolute Gasteiger partial charge is 0.379 e. The molecule has 0 amide bonds. The number of nitrogens with zero attached hydrogens (tertiary/aromatic N) is 3. The van der Waals surface area contributed by atoms with Gasteiger partial charge in [-0.05, 0) is 30.2 Å². The molecule has 1 N–H and O–H groups in total. The molecule has 0 aliphatic carbocycles. The van der Waals surface area contributed by atoms with E-state index in [1.54, 1.807) is 0 Å². The van der Waals surface area contributed by atoms with Gasteiger partial charge >= 0.3 is 0 Å². The summed E-state index contributed by atoms with van der Waals surface area (Å²) in [7, 11) is 5.92. The first-order valence-electron chi connectivity index (χ1n) is 9.39. The lowest BCUT2D eigenvalue weighted by Gasteiger charge is -2.22. The molecule has 1 heterocycles. The lowest BCUT2D eigenvalue weighted by atomic mass is 10.1. The Kier molecular flexibility index (Phi) is 8.87. The van der Waals surface area contributed by atoms with Gasteiger partial charge in [0.25, 0.3) is 0 Å². The molecule has 0 fully saturated rings. The highest BCUT2D eigenvalue weighted by Gasteiger charge is 2.08. The Bertz CT molecular complexity index is 712. The highest BCUT2D eigenvalue weighted by atomic mass is 16.5. The zero-order valence-electron chi connectivity index (χ0n) is 16.9. The molecule has 0 spiro atoms. The van der Waals surface area contributed by atoms with Crippen molar-refractivity contribution in [2.24, 2.45) is 12.0 Å². The molecule has 1 aromatic heterocycles. The molecule has 6 heteroatoms. The van der Waals surface area contributed by atoms with Crippen molar-refractivity contribution in [3.63, 3.8) is 0 Å². The van der Waals surface area contributed by atoms with Crippen molar-refractivity contribution >= 4 is 5.96 Å². The van der Waals surface area contributed by atoms with Gasteiger partial charge in [-0.3, -0.25) is 4.99 Å². The summed E-state index contributed by atoms with van der Waals surface area (Å²) in [6.07, 6.45) is 2.06. The predicted octanol–water partition coefficient (Wildman–Crippen LogP) is 2.79. The van der Waals surface area contributed by atoms with Crippen molar-refractivity contribution in [2.45, 2.75) is 26.6 Å². The van der Waals surface area contributed by atoms with Gasteiger partial charge in [-0.1, -0.05) is 24.3 Å². The van der Waals surface area contributed by atoms with Gasteiger partial charge in [0, 0.05) is 46.2 Å². The highest BCUT2D eigenvalue weighted by molar-refractivity contribution is 5.79. The van der Waals surface area contributed by atoms with Crippen LogP contribution in [0.5, 0.6) is 0 Å². The standard InChI is InChI=1S/C21H32N4O2/c1-5-26-12-13-27-17-19-9-6-8-18(14-19)15-23-21(22-2)25(4)16-20-10-7-11-24(20)3/h6-11,14H,5,12-13,15-17H2,1-4H3,(H,22,23). The highest BCUT2D eigenvalue weighted by Crippen LogP contribution is 2.08. The van der Waals surface area contributed by atoms with E-state index in [0.717, 1.165) is 31.2 Å². The van der Waals surface area contributed by atoms with Crippen LogP contribution in [0.1, 0.15) is 23.7 Å². The number of aromatic nitrogens is 1. The maximum Gasteiger partial charge on any atom is 0.194 e. The minimum absolute atomic E-state index is 0.600. The van der Waals surface area contributed by atoms with Gasteiger partial charge in [-0.2, -0.15) is 0 Å². The molecule has 0 atom stereocenters. The summed E-state index contributed by atoms with van der Waals surface area (Å²) in [6.45, 7) is 6.09. The Morgan fingerprint density at radius 1 is 1.15 bits per heavy atom. The van der Waals surface area contributed by atoms with Crippen LogP contribution >= 0.6 is 0 Å². The molecule has 27 heavy (non-hydrogen) atoms. The smallest absolute Gasteiger partial charge is 0.194 e. The van der Waals surface area contributed by atoms with E-state index in [4.69, 9.17) is 9.47 Å². The van der Waals surface area contributed by atoms with E-state index in [0.29, 0.717) is 19.8 Å². The van der Waals surface area contributed by atoms with E-state index in [9.17, 15) is 0 Å². The van der Waals surface area contributed by atoms with Crippen molar-refractivity contribution in [3.05, 3.63) is 59.4 Å². The van der Waals surface area contributed by atoms with E-state index in [-0.39, 0.29) is 0 Å². The van der Waals surface area contributed by atoms with Crippen LogP contribution in [-0.2, 0) is 36.2 Å². The number of hydrogen-bond acceptors (Lipinski definition) is 3. The first-order chi connectivity index (χ1) is 13.1. The number of ether oxygens (including phenoxy) is 2. The molecule has 0 saturated carbocycles. The second kappa shape index (κ2) is 11.4. The average molecular weight is 373 g/mol. The first kappa shape index (κ1) is 21.0. The van der Waals surface area contributed by atoms with Crippen molar-refractivity contribution in [2.75, 3.05) is 33.9 Å². The van der Waals surface area contributed by atoms with Gasteiger partial charge < -0.3 is 24.3 Å². The van der Waals surface area contributed by atoms with Gasteiger partial charge in [-0.15, -0.1) is 0 Å². The Hall–Kier alpha value is -2.31. The van der Waals surface area contributed by atoms with Crippen LogP contribution in [0.2, 0.25) is 0 Å². The quantitative estimate of drug-likeness (QED) is 0.396. The average Bonchev–Trinajstić information content (AvgIpc) is 3.07. The van der Waals surface area contributed by atoms with Crippen LogP contribution in [0.25, 0.3) is 0 Å². The van der Waals surface area contributed by atoms with E-state index >= 15 is 0 Å². The molecule has 0 unspecified atom stereocenters. The summed E-state index contributed by atoms with van der Waals surface area (Å²) in [5, 5.41) is 3.43. The van der Waals surface area contributed by atoms with E-state index in [1.807, 2.05) is 21.0 Å². The maximum atomic E-state index is 5.65. The summed E-state index contributed by atoms with van der Waals surface area (Å²) in [6, 6.07) is 12.6. The minimum Gasteiger partial charge on any atom is -0.379 e. The Balaban J connectivity index is 1.83. The monoisotopic (exact) mass is 372 g/mol. The predicted molar refractivity (Wildman–Crippen MR) is 110 cm³/mol. The fraction of sp³-hybridized carbons (Fsp3) is 0.476. The Morgan fingerprint density at radius 3 is 2.63 bits per heavy atom. The molecule has 0 saturated heterocycles. The number of hydrogen-bond donors (Lipinski definition) is 1. The summed E-state index contributed by atoms with van der Waals surface area (Å²) in [5.41, 5.74) is 3.61. The zero-order valence-corrected chi connectivity index (χ0v) is 16.9. The van der Waals surface area contributed by atoms with Crippen LogP contribution in [0.3, 0.4) is 0 Å². The number of benzene rings is 1. The van der Waals surface area contributed by atoms with Gasteiger partial charge in [0.05, 0.1) is 26.4 Å². The molecule has 0 bridgehead atoms. The van der Waals surface area contributed by atoms with Gasteiger partial charge in [0.1, 0.15) is 0 Å². The topological polar surface area (TPSA) is 51.0 Å². The van der Waals surface area contributed by atoms with Crippen molar-refractivity contribution in [1.29, 1.82) is 0 Å². The summed E-state index contributed by atoms with van der Waals surface area (Å²) >= 11 is 0. The van der Waals surface area contributed by atoms with Crippen molar-refractivity contribution in [3.8, 4) is 0 Å². The third-order valence-electron chi connectivity index (χ3n) is 4.31. The number of rotatable bonds is 10. The van der Waals surface area contributed by atoms with Gasteiger partial charge in [0.2, 0.25) is 0 Å². The maximum absolute atomic E-state index is 5.65. The fourth-order valence-electron chi connectivity index (χ4n) is 2.83. The molecule has 1 aromatic carbocycles. The molecule has 0 aliphatic rings. The summed E-state index contributed by atoms with van der Waals surface area (Å²) in [4.78, 5) is 6.52. The fourth-order valence-corrected chi connectivity index (χ4v) is 2.83. The number of aliphatic imine (C=N–C) groups is 1. The molecular weight excluding hydrogens is 340 g/mol. The Morgan fingerprint density at radius 2 is 1.93 bits per heavy atom. The van der Waals surface area contributed by atoms with Crippen LogP contribution in [0.4, 0.5) is 0 Å². The lowest BCUT2D eigenvalue weighted by molar-refractivity contribution is 0.0453. The molecule has 0 radical (unpaired) electrons. The van der Waals surface area contributed by atoms with Crippen molar-refractivity contribution < 1.29 is 9.47 Å². The number of guanidine groups is 1.